The lowest BCUT2D eigenvalue weighted by molar-refractivity contribution is -0.930. The van der Waals surface area contributed by atoms with E-state index in [9.17, 15) is 0 Å². The monoisotopic (exact) mass is 396 g/mol. The number of benzene rings is 1. The zero-order chi connectivity index (χ0) is 19.3. The van der Waals surface area contributed by atoms with E-state index >= 15 is 0 Å². The molecule has 1 unspecified atom stereocenters. The highest BCUT2D eigenvalue weighted by atomic mass is 32.1. The van der Waals surface area contributed by atoms with Crippen LogP contribution >= 0.6 is 11.3 Å². The van der Waals surface area contributed by atoms with Gasteiger partial charge in [0, 0.05) is 5.56 Å². The van der Waals surface area contributed by atoms with Crippen molar-refractivity contribution >= 4 is 11.3 Å². The Morgan fingerprint density at radius 1 is 0.929 bits per heavy atom. The standard InChI is InChI=1S/C20H21N5O2S/c1-3-9-25(13-18-22-24-20(27-18)16-8-5-10-28-16)12-17-21-23-19(26-17)15-7-4-6-14(2)11-15/h4-8,10-11H,3,9,12-13H2,1-2H3/p+1. The Hall–Kier alpha value is -2.84. The van der Waals surface area contributed by atoms with Crippen LogP contribution in [0.1, 0.15) is 30.7 Å². The van der Waals surface area contributed by atoms with Crippen molar-refractivity contribution in [3.8, 4) is 22.2 Å². The summed E-state index contributed by atoms with van der Waals surface area (Å²) in [5.41, 5.74) is 2.10. The molecule has 0 aliphatic carbocycles. The molecule has 0 radical (unpaired) electrons. The number of rotatable bonds is 8. The second-order valence-electron chi connectivity index (χ2n) is 6.70. The lowest BCUT2D eigenvalue weighted by Crippen LogP contribution is -3.09. The molecule has 8 heteroatoms. The highest BCUT2D eigenvalue weighted by molar-refractivity contribution is 7.13. The molecule has 4 rings (SSSR count). The molecular weight excluding hydrogens is 374 g/mol. The van der Waals surface area contributed by atoms with Gasteiger partial charge >= 0.3 is 0 Å². The molecule has 0 bridgehead atoms. The first-order valence-electron chi connectivity index (χ1n) is 9.30. The molecule has 1 N–H and O–H groups in total. The van der Waals surface area contributed by atoms with Gasteiger partial charge in [0.1, 0.15) is 0 Å². The van der Waals surface area contributed by atoms with Crippen LogP contribution in [-0.2, 0) is 13.1 Å². The Kier molecular flexibility index (Phi) is 5.59. The lowest BCUT2D eigenvalue weighted by Gasteiger charge is -2.14. The molecule has 0 aliphatic rings. The number of hydrogen-bond acceptors (Lipinski definition) is 7. The van der Waals surface area contributed by atoms with Crippen LogP contribution in [0, 0.1) is 6.92 Å². The maximum atomic E-state index is 5.90. The van der Waals surface area contributed by atoms with Crippen LogP contribution in [0.25, 0.3) is 22.2 Å². The highest BCUT2D eigenvalue weighted by Gasteiger charge is 2.19. The zero-order valence-electron chi connectivity index (χ0n) is 15.9. The smallest absolute Gasteiger partial charge is 0.271 e. The van der Waals surface area contributed by atoms with Crippen molar-refractivity contribution in [1.82, 2.24) is 20.4 Å². The first-order valence-corrected chi connectivity index (χ1v) is 10.2. The number of aryl methyl sites for hydroxylation is 1. The van der Waals surface area contributed by atoms with E-state index in [1.54, 1.807) is 11.3 Å². The Bertz CT molecular complexity index is 1020. The largest absolute Gasteiger partial charge is 0.415 e. The normalized spacial score (nSPS) is 12.4. The van der Waals surface area contributed by atoms with Gasteiger partial charge in [0.25, 0.3) is 17.7 Å². The van der Waals surface area contributed by atoms with Crippen LogP contribution in [0.15, 0.2) is 50.6 Å². The molecule has 144 valence electrons. The van der Waals surface area contributed by atoms with Crippen LogP contribution in [-0.4, -0.2) is 26.9 Å². The van der Waals surface area contributed by atoms with Gasteiger partial charge in [0.05, 0.1) is 11.4 Å². The lowest BCUT2D eigenvalue weighted by atomic mass is 10.1. The number of thiophene rings is 1. The minimum absolute atomic E-state index is 0.548. The molecule has 3 aromatic heterocycles. The summed E-state index contributed by atoms with van der Waals surface area (Å²) in [5.74, 6) is 2.34. The van der Waals surface area contributed by atoms with Gasteiger partial charge in [-0.2, -0.15) is 0 Å². The molecule has 28 heavy (non-hydrogen) atoms. The first-order chi connectivity index (χ1) is 13.7. The van der Waals surface area contributed by atoms with Crippen LogP contribution in [0.5, 0.6) is 0 Å². The van der Waals surface area contributed by atoms with Gasteiger partial charge < -0.3 is 13.7 Å². The number of quaternary nitrogens is 1. The minimum Gasteiger partial charge on any atom is -0.415 e. The molecule has 1 atom stereocenters. The third-order valence-electron chi connectivity index (χ3n) is 4.34. The van der Waals surface area contributed by atoms with E-state index < -0.39 is 0 Å². The summed E-state index contributed by atoms with van der Waals surface area (Å²) in [7, 11) is 0. The Morgan fingerprint density at radius 2 is 1.68 bits per heavy atom. The highest BCUT2D eigenvalue weighted by Crippen LogP contribution is 2.22. The van der Waals surface area contributed by atoms with Gasteiger partial charge in [-0.1, -0.05) is 30.7 Å². The average Bonchev–Trinajstić information content (AvgIpc) is 3.44. The van der Waals surface area contributed by atoms with Gasteiger partial charge in [0.2, 0.25) is 5.89 Å². The predicted octanol–water partition coefficient (Wildman–Crippen LogP) is 3.15. The van der Waals surface area contributed by atoms with Gasteiger partial charge in [-0.05, 0) is 36.9 Å². The molecule has 3 heterocycles. The topological polar surface area (TPSA) is 82.3 Å². The fourth-order valence-corrected chi connectivity index (χ4v) is 3.71. The number of aromatic nitrogens is 4. The summed E-state index contributed by atoms with van der Waals surface area (Å²) in [6, 6.07) is 12.0. The second kappa shape index (κ2) is 8.45. The van der Waals surface area contributed by atoms with E-state index in [-0.39, 0.29) is 0 Å². The summed E-state index contributed by atoms with van der Waals surface area (Å²) in [4.78, 5) is 2.22. The maximum Gasteiger partial charge on any atom is 0.271 e. The number of hydrogen-bond donors (Lipinski definition) is 1. The van der Waals surface area contributed by atoms with Crippen molar-refractivity contribution in [2.75, 3.05) is 6.54 Å². The Labute approximate surface area is 167 Å². The molecule has 0 saturated heterocycles. The average molecular weight is 396 g/mol. The van der Waals surface area contributed by atoms with Crippen molar-refractivity contribution in [1.29, 1.82) is 0 Å². The van der Waals surface area contributed by atoms with Gasteiger partial charge in [-0.25, -0.2) is 0 Å². The minimum atomic E-state index is 0.548. The van der Waals surface area contributed by atoms with Crippen LogP contribution in [0.4, 0.5) is 0 Å². The van der Waals surface area contributed by atoms with Crippen molar-refractivity contribution in [3.63, 3.8) is 0 Å². The molecule has 0 amide bonds. The second-order valence-corrected chi connectivity index (χ2v) is 7.65. The summed E-state index contributed by atoms with van der Waals surface area (Å²) < 4.78 is 11.7. The van der Waals surface area contributed by atoms with E-state index in [1.165, 1.54) is 4.90 Å². The number of nitrogens with zero attached hydrogens (tertiary/aromatic N) is 4. The Morgan fingerprint density at radius 3 is 2.36 bits per heavy atom. The SMILES string of the molecule is CCC[NH+](Cc1nnc(-c2cccc(C)c2)o1)Cc1nnc(-c2cccs2)o1. The van der Waals surface area contributed by atoms with E-state index in [0.29, 0.717) is 36.7 Å². The molecule has 0 aliphatic heterocycles. The molecule has 0 fully saturated rings. The van der Waals surface area contributed by atoms with Gasteiger partial charge in [0.15, 0.2) is 13.1 Å². The van der Waals surface area contributed by atoms with Gasteiger partial charge in [-0.3, -0.25) is 0 Å². The summed E-state index contributed by atoms with van der Waals surface area (Å²) >= 11 is 1.59. The van der Waals surface area contributed by atoms with Crippen LogP contribution < -0.4 is 4.90 Å². The molecule has 0 saturated carbocycles. The molecular formula is C20H22N5O2S+. The summed E-state index contributed by atoms with van der Waals surface area (Å²) in [5, 5.41) is 18.8. The maximum absolute atomic E-state index is 5.90. The first kappa shape index (κ1) is 18.5. The molecule has 4 aromatic rings. The number of nitrogens with one attached hydrogen (secondary N) is 1. The van der Waals surface area contributed by atoms with Crippen LogP contribution in [0.3, 0.4) is 0 Å². The molecule has 1 aromatic carbocycles. The van der Waals surface area contributed by atoms with E-state index in [4.69, 9.17) is 8.83 Å². The third kappa shape index (κ3) is 4.35. The van der Waals surface area contributed by atoms with E-state index in [0.717, 1.165) is 29.0 Å². The predicted molar refractivity (Wildman–Crippen MR) is 106 cm³/mol. The van der Waals surface area contributed by atoms with Crippen LogP contribution in [0.2, 0.25) is 0 Å². The van der Waals surface area contributed by atoms with Crippen molar-refractivity contribution in [3.05, 3.63) is 59.1 Å². The summed E-state index contributed by atoms with van der Waals surface area (Å²) in [6.45, 7) is 6.37. The Balaban J connectivity index is 1.45. The van der Waals surface area contributed by atoms with Crippen molar-refractivity contribution in [2.24, 2.45) is 0 Å². The molecule has 7 nitrogen and oxygen atoms in total. The van der Waals surface area contributed by atoms with Crippen molar-refractivity contribution in [2.45, 2.75) is 33.4 Å². The quantitative estimate of drug-likeness (QED) is 0.493. The molecule has 0 spiro atoms. The zero-order valence-corrected chi connectivity index (χ0v) is 16.7. The third-order valence-corrected chi connectivity index (χ3v) is 5.19. The van der Waals surface area contributed by atoms with E-state index in [1.807, 2.05) is 48.7 Å². The van der Waals surface area contributed by atoms with Crippen molar-refractivity contribution < 1.29 is 13.7 Å². The fraction of sp³-hybridized carbons (Fsp3) is 0.300. The van der Waals surface area contributed by atoms with E-state index in [2.05, 4.69) is 27.3 Å². The summed E-state index contributed by atoms with van der Waals surface area (Å²) in [6.07, 6.45) is 1.03. The fourth-order valence-electron chi connectivity index (χ4n) is 3.07. The van der Waals surface area contributed by atoms with Gasteiger partial charge in [-0.15, -0.1) is 31.7 Å².